The topological polar surface area (TPSA) is 160 Å². The van der Waals surface area contributed by atoms with Crippen molar-refractivity contribution in [2.75, 3.05) is 28.4 Å². The zero-order valence-corrected chi connectivity index (χ0v) is 20.2. The summed E-state index contributed by atoms with van der Waals surface area (Å²) in [6.07, 6.45) is -2.23. The monoisotopic (exact) mass is 490 g/mol. The van der Waals surface area contributed by atoms with Gasteiger partial charge in [-0.25, -0.2) is 4.99 Å². The smallest absolute Gasteiger partial charge is 0.270 e. The number of benzene rings is 2. The first kappa shape index (κ1) is 26.0. The number of guanidine groups is 1. The van der Waals surface area contributed by atoms with Crippen LogP contribution in [0.1, 0.15) is 24.1 Å². The van der Waals surface area contributed by atoms with E-state index in [1.54, 1.807) is 26.2 Å². The molecule has 190 valence electrons. The van der Waals surface area contributed by atoms with Gasteiger partial charge in [-0.05, 0) is 30.7 Å². The van der Waals surface area contributed by atoms with E-state index < -0.39 is 29.0 Å². The Bertz CT molecular complexity index is 1090. The molecule has 0 aliphatic carbocycles. The molecule has 0 spiro atoms. The Kier molecular flexibility index (Phi) is 7.99. The van der Waals surface area contributed by atoms with Gasteiger partial charge in [-0.15, -0.1) is 0 Å². The molecule has 1 heterocycles. The van der Waals surface area contributed by atoms with Gasteiger partial charge in [-0.1, -0.05) is 6.07 Å². The van der Waals surface area contributed by atoms with E-state index in [-0.39, 0.29) is 18.2 Å². The summed E-state index contributed by atoms with van der Waals surface area (Å²) in [6.45, 7) is 1.82. The molecule has 0 saturated carbocycles. The Morgan fingerprint density at radius 2 is 1.89 bits per heavy atom. The van der Waals surface area contributed by atoms with E-state index in [0.717, 1.165) is 5.56 Å². The first-order chi connectivity index (χ1) is 16.7. The lowest BCUT2D eigenvalue weighted by atomic mass is 9.84. The molecule has 3 rings (SSSR count). The molecule has 3 unspecified atom stereocenters. The van der Waals surface area contributed by atoms with Crippen LogP contribution in [0.2, 0.25) is 0 Å². The van der Waals surface area contributed by atoms with Gasteiger partial charge in [-0.3, -0.25) is 10.1 Å². The second-order valence-electron chi connectivity index (χ2n) is 8.03. The van der Waals surface area contributed by atoms with E-state index >= 15 is 0 Å². The molecule has 0 aromatic heterocycles. The molecular weight excluding hydrogens is 460 g/mol. The van der Waals surface area contributed by atoms with Gasteiger partial charge >= 0.3 is 0 Å². The molecule has 0 fully saturated rings. The van der Waals surface area contributed by atoms with Crippen molar-refractivity contribution in [1.82, 2.24) is 5.32 Å². The minimum absolute atomic E-state index is 0.0110. The van der Waals surface area contributed by atoms with Gasteiger partial charge in [0.2, 0.25) is 0 Å². The third-order valence-corrected chi connectivity index (χ3v) is 5.85. The van der Waals surface area contributed by atoms with Crippen LogP contribution < -0.4 is 25.3 Å². The van der Waals surface area contributed by atoms with Crippen LogP contribution in [-0.2, 0) is 16.0 Å². The molecule has 12 nitrogen and oxygen atoms in total. The maximum absolute atomic E-state index is 11.4. The molecular formula is C23H30N4O8. The van der Waals surface area contributed by atoms with Crippen molar-refractivity contribution in [3.63, 3.8) is 0 Å². The molecule has 0 amide bonds. The second kappa shape index (κ2) is 10.8. The Morgan fingerprint density at radius 1 is 1.20 bits per heavy atom. The van der Waals surface area contributed by atoms with E-state index in [0.29, 0.717) is 22.8 Å². The largest absolute Gasteiger partial charge is 0.493 e. The standard InChI is InChI=1S/C23H30N4O8/c1-23(21(33-4)34-5)20(28)19(15-11-14(27(29)30)7-9-16(15)35-23)26-22(24)25-12-13-6-8-17(31-2)18(10-13)32-3/h6-11,19-21,28H,12H2,1-5H3,(H3,24,25,26). The van der Waals surface area contributed by atoms with Gasteiger partial charge in [0, 0.05) is 31.9 Å². The van der Waals surface area contributed by atoms with Crippen molar-refractivity contribution in [2.24, 2.45) is 10.7 Å². The predicted octanol–water partition coefficient (Wildman–Crippen LogP) is 1.89. The van der Waals surface area contributed by atoms with Crippen molar-refractivity contribution >= 4 is 11.6 Å². The van der Waals surface area contributed by atoms with E-state index in [1.165, 1.54) is 39.5 Å². The van der Waals surface area contributed by atoms with Crippen molar-refractivity contribution in [2.45, 2.75) is 37.5 Å². The quantitative estimate of drug-likeness (QED) is 0.156. The number of ether oxygens (including phenoxy) is 5. The molecule has 0 radical (unpaired) electrons. The number of hydrogen-bond acceptors (Lipinski definition) is 9. The fraction of sp³-hybridized carbons (Fsp3) is 0.435. The van der Waals surface area contributed by atoms with Crippen LogP contribution in [0.4, 0.5) is 5.69 Å². The molecule has 3 atom stereocenters. The molecule has 12 heteroatoms. The van der Waals surface area contributed by atoms with Crippen LogP contribution in [-0.4, -0.2) is 62.4 Å². The van der Waals surface area contributed by atoms with Crippen LogP contribution in [0.3, 0.4) is 0 Å². The zero-order chi connectivity index (χ0) is 25.8. The number of non-ortho nitro benzene ring substituents is 1. The number of nitro groups is 1. The summed E-state index contributed by atoms with van der Waals surface area (Å²) in [4.78, 5) is 15.2. The Balaban J connectivity index is 1.93. The summed E-state index contributed by atoms with van der Waals surface area (Å²) in [5.74, 6) is 1.46. The third-order valence-electron chi connectivity index (χ3n) is 5.85. The highest BCUT2D eigenvalue weighted by Crippen LogP contribution is 2.43. The van der Waals surface area contributed by atoms with E-state index in [2.05, 4.69) is 10.3 Å². The Hall–Kier alpha value is -3.61. The van der Waals surface area contributed by atoms with Gasteiger partial charge in [0.05, 0.1) is 31.7 Å². The fourth-order valence-electron chi connectivity index (χ4n) is 4.05. The van der Waals surface area contributed by atoms with Crippen LogP contribution in [0.25, 0.3) is 0 Å². The number of rotatable bonds is 9. The van der Waals surface area contributed by atoms with Gasteiger partial charge in [0.1, 0.15) is 11.9 Å². The first-order valence-electron chi connectivity index (χ1n) is 10.7. The number of methoxy groups -OCH3 is 4. The van der Waals surface area contributed by atoms with E-state index in [1.807, 2.05) is 6.07 Å². The molecule has 2 aromatic rings. The normalized spacial score (nSPS) is 21.7. The maximum atomic E-state index is 11.4. The second-order valence-corrected chi connectivity index (χ2v) is 8.03. The van der Waals surface area contributed by atoms with Gasteiger partial charge in [-0.2, -0.15) is 0 Å². The minimum atomic E-state index is -1.37. The van der Waals surface area contributed by atoms with Crippen molar-refractivity contribution < 1.29 is 33.7 Å². The zero-order valence-electron chi connectivity index (χ0n) is 20.2. The summed E-state index contributed by atoms with van der Waals surface area (Å²) < 4.78 is 27.3. The SMILES string of the molecule is COc1ccc(CN=C(N)NC2c3cc([N+](=O)[O-])ccc3OC(C)(C(OC)OC)C2O)cc1OC. The van der Waals surface area contributed by atoms with Gasteiger partial charge < -0.3 is 39.8 Å². The molecule has 0 saturated heterocycles. The Morgan fingerprint density at radius 3 is 2.49 bits per heavy atom. The number of aliphatic hydroxyl groups is 1. The van der Waals surface area contributed by atoms with Gasteiger partial charge in [0.15, 0.2) is 29.3 Å². The third kappa shape index (κ3) is 5.24. The fourth-order valence-corrected chi connectivity index (χ4v) is 4.05. The summed E-state index contributed by atoms with van der Waals surface area (Å²) in [7, 11) is 5.92. The predicted molar refractivity (Wildman–Crippen MR) is 127 cm³/mol. The summed E-state index contributed by atoms with van der Waals surface area (Å²) in [6, 6.07) is 8.54. The van der Waals surface area contributed by atoms with E-state index in [4.69, 9.17) is 29.4 Å². The number of aliphatic imine (C=N–C) groups is 1. The highest BCUT2D eigenvalue weighted by atomic mass is 16.7. The highest BCUT2D eigenvalue weighted by molar-refractivity contribution is 5.78. The van der Waals surface area contributed by atoms with Crippen molar-refractivity contribution in [1.29, 1.82) is 0 Å². The number of fused-ring (bicyclic) bond motifs is 1. The van der Waals surface area contributed by atoms with Crippen LogP contribution in [0.15, 0.2) is 41.4 Å². The summed E-state index contributed by atoms with van der Waals surface area (Å²) in [5, 5.41) is 25.6. The molecule has 35 heavy (non-hydrogen) atoms. The maximum Gasteiger partial charge on any atom is 0.270 e. The first-order valence-corrected chi connectivity index (χ1v) is 10.7. The lowest BCUT2D eigenvalue weighted by Gasteiger charge is -2.46. The average Bonchev–Trinajstić information content (AvgIpc) is 2.85. The number of hydrogen-bond donors (Lipinski definition) is 3. The lowest BCUT2D eigenvalue weighted by molar-refractivity contribution is -0.385. The number of nitrogens with zero attached hydrogens (tertiary/aromatic N) is 2. The lowest BCUT2D eigenvalue weighted by Crippen LogP contribution is -2.62. The molecule has 1 aliphatic heterocycles. The van der Waals surface area contributed by atoms with Crippen molar-refractivity contribution in [3.8, 4) is 17.2 Å². The molecule has 2 aromatic carbocycles. The highest BCUT2D eigenvalue weighted by Gasteiger charge is 2.52. The van der Waals surface area contributed by atoms with Crippen LogP contribution >= 0.6 is 0 Å². The summed E-state index contributed by atoms with van der Waals surface area (Å²) in [5.41, 5.74) is 5.78. The van der Waals surface area contributed by atoms with Crippen LogP contribution in [0, 0.1) is 10.1 Å². The number of nitrogens with two attached hydrogens (primary N) is 1. The Labute approximate surface area is 202 Å². The van der Waals surface area contributed by atoms with Crippen molar-refractivity contribution in [3.05, 3.63) is 57.6 Å². The molecule has 1 aliphatic rings. The van der Waals surface area contributed by atoms with Crippen LogP contribution in [0.5, 0.6) is 17.2 Å². The van der Waals surface area contributed by atoms with Gasteiger partial charge in [0.25, 0.3) is 5.69 Å². The average molecular weight is 491 g/mol. The number of aliphatic hydroxyl groups excluding tert-OH is 1. The minimum Gasteiger partial charge on any atom is -0.493 e. The molecule has 0 bridgehead atoms. The van der Waals surface area contributed by atoms with E-state index in [9.17, 15) is 15.2 Å². The summed E-state index contributed by atoms with van der Waals surface area (Å²) >= 11 is 0. The number of nitro benzene ring substituents is 1. The molecule has 4 N–H and O–H groups in total. The number of nitrogens with one attached hydrogen (secondary N) is 1.